The molecule has 1 atom stereocenters. The predicted octanol–water partition coefficient (Wildman–Crippen LogP) is 3.87. The van der Waals surface area contributed by atoms with Gasteiger partial charge in [-0.15, -0.1) is 10.2 Å². The van der Waals surface area contributed by atoms with Crippen LogP contribution in [0, 0.1) is 5.82 Å². The number of nitrogens with zero attached hydrogens (tertiary/aromatic N) is 5. The number of likely N-dealkylation sites (N-methyl/N-ethyl adjacent to an activating group) is 1. The number of amides is 1. The fourth-order valence-corrected chi connectivity index (χ4v) is 2.44. The SMILES string of the molecule is C.CC(=O)N(C)CC(Nc1ncc(-c2nnc(C(F)F)o2)cn1)c1ccc(F)cc1. The molecule has 0 spiro atoms. The van der Waals surface area contributed by atoms with Crippen molar-refractivity contribution in [3.05, 3.63) is 53.9 Å². The molecule has 2 heterocycles. The summed E-state index contributed by atoms with van der Waals surface area (Å²) < 4.78 is 43.2. The van der Waals surface area contributed by atoms with Crippen LogP contribution in [0.1, 0.15) is 38.3 Å². The maximum Gasteiger partial charge on any atom is 0.314 e. The third-order valence-electron chi connectivity index (χ3n) is 4.10. The molecule has 3 aromatic rings. The highest BCUT2D eigenvalue weighted by Crippen LogP contribution is 2.24. The minimum absolute atomic E-state index is 0. The van der Waals surface area contributed by atoms with Crippen LogP contribution in [0.15, 0.2) is 41.1 Å². The first-order chi connectivity index (χ1) is 13.8. The summed E-state index contributed by atoms with van der Waals surface area (Å²) in [7, 11) is 1.64. The van der Waals surface area contributed by atoms with Crippen LogP contribution >= 0.6 is 0 Å². The van der Waals surface area contributed by atoms with Crippen LogP contribution in [0.4, 0.5) is 19.1 Å². The second kappa shape index (κ2) is 9.81. The van der Waals surface area contributed by atoms with Crippen molar-refractivity contribution < 1.29 is 22.4 Å². The van der Waals surface area contributed by atoms with Crippen molar-refractivity contribution in [1.29, 1.82) is 0 Å². The minimum Gasteiger partial charge on any atom is -0.415 e. The molecule has 0 aliphatic carbocycles. The zero-order valence-corrected chi connectivity index (χ0v) is 15.5. The van der Waals surface area contributed by atoms with Crippen LogP contribution in [0.2, 0.25) is 0 Å². The summed E-state index contributed by atoms with van der Waals surface area (Å²) in [5.74, 6) is -1.21. The van der Waals surface area contributed by atoms with E-state index in [-0.39, 0.29) is 43.1 Å². The molecule has 1 unspecified atom stereocenters. The van der Waals surface area contributed by atoms with Crippen LogP contribution in [-0.4, -0.2) is 44.6 Å². The Morgan fingerprint density at radius 1 is 1.17 bits per heavy atom. The molecule has 0 radical (unpaired) electrons. The van der Waals surface area contributed by atoms with Gasteiger partial charge in [-0.3, -0.25) is 4.79 Å². The molecule has 0 aliphatic rings. The zero-order chi connectivity index (χ0) is 21.0. The number of aromatic nitrogens is 4. The molecular weight excluding hydrogens is 401 g/mol. The Balaban J connectivity index is 0.00000320. The number of anilines is 1. The van der Waals surface area contributed by atoms with E-state index in [2.05, 4.69) is 25.5 Å². The van der Waals surface area contributed by atoms with Gasteiger partial charge >= 0.3 is 6.43 Å². The van der Waals surface area contributed by atoms with Gasteiger partial charge in [-0.2, -0.15) is 8.78 Å². The molecule has 160 valence electrons. The molecule has 11 heteroatoms. The van der Waals surface area contributed by atoms with E-state index in [1.807, 2.05) is 0 Å². The summed E-state index contributed by atoms with van der Waals surface area (Å²) in [5, 5.41) is 9.87. The average Bonchev–Trinajstić information content (AvgIpc) is 3.19. The Bertz CT molecular complexity index is 963. The number of benzene rings is 1. The topological polar surface area (TPSA) is 97.0 Å². The van der Waals surface area contributed by atoms with Crippen molar-refractivity contribution in [3.8, 4) is 11.5 Å². The monoisotopic (exact) mass is 422 g/mol. The smallest absolute Gasteiger partial charge is 0.314 e. The summed E-state index contributed by atoms with van der Waals surface area (Å²) in [6.45, 7) is 1.72. The van der Waals surface area contributed by atoms with Gasteiger partial charge < -0.3 is 14.6 Å². The molecule has 0 fully saturated rings. The Morgan fingerprint density at radius 3 is 2.33 bits per heavy atom. The predicted molar refractivity (Wildman–Crippen MR) is 103 cm³/mol. The van der Waals surface area contributed by atoms with E-state index in [9.17, 15) is 18.0 Å². The summed E-state index contributed by atoms with van der Waals surface area (Å²) in [6.07, 6.45) is -0.184. The van der Waals surface area contributed by atoms with E-state index in [1.54, 1.807) is 19.2 Å². The molecule has 0 saturated heterocycles. The van der Waals surface area contributed by atoms with E-state index < -0.39 is 18.4 Å². The Hall–Kier alpha value is -3.50. The van der Waals surface area contributed by atoms with Gasteiger partial charge in [-0.1, -0.05) is 19.6 Å². The molecule has 3 rings (SSSR count). The third-order valence-corrected chi connectivity index (χ3v) is 4.10. The van der Waals surface area contributed by atoms with Crippen molar-refractivity contribution in [1.82, 2.24) is 25.1 Å². The lowest BCUT2D eigenvalue weighted by Crippen LogP contribution is -2.32. The van der Waals surface area contributed by atoms with E-state index in [0.29, 0.717) is 0 Å². The Labute approximate surface area is 171 Å². The van der Waals surface area contributed by atoms with E-state index in [0.717, 1.165) is 5.56 Å². The lowest BCUT2D eigenvalue weighted by molar-refractivity contribution is -0.127. The fraction of sp³-hybridized carbons (Fsp3) is 0.316. The first-order valence-corrected chi connectivity index (χ1v) is 8.51. The molecule has 0 bridgehead atoms. The van der Waals surface area contributed by atoms with Crippen LogP contribution < -0.4 is 5.32 Å². The summed E-state index contributed by atoms with van der Waals surface area (Å²) >= 11 is 0. The summed E-state index contributed by atoms with van der Waals surface area (Å²) in [6, 6.07) is 5.42. The van der Waals surface area contributed by atoms with Crippen molar-refractivity contribution in [2.75, 3.05) is 18.9 Å². The van der Waals surface area contributed by atoms with Gasteiger partial charge in [0, 0.05) is 32.9 Å². The van der Waals surface area contributed by atoms with Crippen LogP contribution in [0.3, 0.4) is 0 Å². The molecule has 8 nitrogen and oxygen atoms in total. The van der Waals surface area contributed by atoms with E-state index >= 15 is 0 Å². The number of rotatable bonds is 7. The van der Waals surface area contributed by atoms with Crippen LogP contribution in [0.25, 0.3) is 11.5 Å². The van der Waals surface area contributed by atoms with Crippen molar-refractivity contribution >= 4 is 11.9 Å². The molecule has 1 N–H and O–H groups in total. The Morgan fingerprint density at radius 2 is 1.80 bits per heavy atom. The molecule has 30 heavy (non-hydrogen) atoms. The molecule has 2 aromatic heterocycles. The van der Waals surface area contributed by atoms with Crippen LogP contribution in [0.5, 0.6) is 0 Å². The quantitative estimate of drug-likeness (QED) is 0.617. The normalized spacial score (nSPS) is 11.7. The maximum absolute atomic E-state index is 13.2. The standard InChI is InChI=1S/C18H17F3N6O2.CH4/c1-10(28)27(2)9-14(11-3-5-13(19)6-4-11)24-18-22-7-12(8-23-18)16-25-26-17(29-16)15(20)21;/h3-8,14-15H,9H2,1-2H3,(H,22,23,24);1H4. The number of carbonyl (C=O) groups is 1. The van der Waals surface area contributed by atoms with Crippen molar-refractivity contribution in [3.63, 3.8) is 0 Å². The third kappa shape index (κ3) is 5.52. The lowest BCUT2D eigenvalue weighted by Gasteiger charge is -2.24. The second-order valence-corrected chi connectivity index (χ2v) is 6.19. The summed E-state index contributed by atoms with van der Waals surface area (Å²) in [4.78, 5) is 21.4. The molecule has 1 amide bonds. The number of nitrogens with one attached hydrogen (secondary N) is 1. The van der Waals surface area contributed by atoms with E-state index in [4.69, 9.17) is 4.42 Å². The highest BCUT2D eigenvalue weighted by molar-refractivity contribution is 5.73. The van der Waals surface area contributed by atoms with Gasteiger partial charge in [0.1, 0.15) is 5.82 Å². The van der Waals surface area contributed by atoms with Gasteiger partial charge in [0.25, 0.3) is 11.8 Å². The van der Waals surface area contributed by atoms with Gasteiger partial charge in [0.05, 0.1) is 11.6 Å². The number of alkyl halides is 2. The van der Waals surface area contributed by atoms with Crippen molar-refractivity contribution in [2.45, 2.75) is 26.8 Å². The van der Waals surface area contributed by atoms with E-state index in [1.165, 1.54) is 36.4 Å². The highest BCUT2D eigenvalue weighted by atomic mass is 19.3. The Kier molecular flexibility index (Phi) is 7.45. The first kappa shape index (κ1) is 22.8. The lowest BCUT2D eigenvalue weighted by atomic mass is 10.1. The zero-order valence-electron chi connectivity index (χ0n) is 15.5. The maximum atomic E-state index is 13.2. The van der Waals surface area contributed by atoms with Gasteiger partial charge in [0.15, 0.2) is 0 Å². The average molecular weight is 422 g/mol. The molecular formula is C19H21F3N6O2. The first-order valence-electron chi connectivity index (χ1n) is 8.51. The summed E-state index contributed by atoms with van der Waals surface area (Å²) in [5.41, 5.74) is 1.000. The second-order valence-electron chi connectivity index (χ2n) is 6.19. The minimum atomic E-state index is -2.87. The molecule has 1 aromatic carbocycles. The largest absolute Gasteiger partial charge is 0.415 e. The van der Waals surface area contributed by atoms with Crippen molar-refractivity contribution in [2.24, 2.45) is 0 Å². The molecule has 0 saturated carbocycles. The number of hydrogen-bond donors (Lipinski definition) is 1. The molecule has 0 aliphatic heterocycles. The van der Waals surface area contributed by atoms with Gasteiger partial charge in [0.2, 0.25) is 11.9 Å². The number of carbonyl (C=O) groups excluding carboxylic acids is 1. The van der Waals surface area contributed by atoms with Crippen LogP contribution in [-0.2, 0) is 4.79 Å². The number of hydrogen-bond acceptors (Lipinski definition) is 7. The number of halogens is 3. The van der Waals surface area contributed by atoms with Gasteiger partial charge in [-0.05, 0) is 17.7 Å². The highest BCUT2D eigenvalue weighted by Gasteiger charge is 2.19. The fourth-order valence-electron chi connectivity index (χ4n) is 2.44. The van der Waals surface area contributed by atoms with Gasteiger partial charge in [-0.25, -0.2) is 14.4 Å².